The van der Waals surface area contributed by atoms with Crippen molar-refractivity contribution in [3.63, 3.8) is 0 Å². The molecule has 1 heterocycles. The van der Waals surface area contributed by atoms with Crippen LogP contribution in [0.5, 0.6) is 5.75 Å². The largest absolute Gasteiger partial charge is 0.496 e. The number of primary amides is 1. The van der Waals surface area contributed by atoms with E-state index >= 15 is 0 Å². The molecule has 4 aromatic carbocycles. The van der Waals surface area contributed by atoms with Crippen molar-refractivity contribution in [2.75, 3.05) is 30.5 Å². The van der Waals surface area contributed by atoms with Gasteiger partial charge in [-0.05, 0) is 85.4 Å². The Labute approximate surface area is 273 Å². The molecule has 0 bridgehead atoms. The first-order chi connectivity index (χ1) is 20.5. The van der Waals surface area contributed by atoms with Gasteiger partial charge in [0.2, 0.25) is 11.8 Å². The maximum absolute atomic E-state index is 14.7. The van der Waals surface area contributed by atoms with Gasteiger partial charge in [0.25, 0.3) is 5.91 Å². The van der Waals surface area contributed by atoms with Gasteiger partial charge in [-0.1, -0.05) is 39.7 Å². The Morgan fingerprint density at radius 1 is 1.09 bits per heavy atom. The summed E-state index contributed by atoms with van der Waals surface area (Å²) in [5, 5.41) is 5.04. The molecule has 1 aliphatic heterocycles. The van der Waals surface area contributed by atoms with Crippen molar-refractivity contribution in [3.05, 3.63) is 99.2 Å². The van der Waals surface area contributed by atoms with Gasteiger partial charge in [-0.3, -0.25) is 14.4 Å². The van der Waals surface area contributed by atoms with Crippen LogP contribution in [0.25, 0.3) is 10.8 Å². The van der Waals surface area contributed by atoms with Crippen molar-refractivity contribution in [2.45, 2.75) is 19.0 Å². The highest BCUT2D eigenvalue weighted by atomic mass is 79.9. The van der Waals surface area contributed by atoms with Gasteiger partial charge < -0.3 is 25.6 Å². The van der Waals surface area contributed by atoms with Crippen LogP contribution in [0, 0.1) is 11.7 Å². The summed E-state index contributed by atoms with van der Waals surface area (Å²) in [6.07, 6.45) is 0. The number of amides is 3. The van der Waals surface area contributed by atoms with E-state index in [4.69, 9.17) is 22.1 Å². The topological polar surface area (TPSA) is 105 Å². The average molecular weight is 704 g/mol. The number of halogens is 4. The van der Waals surface area contributed by atoms with Crippen molar-refractivity contribution >= 4 is 79.8 Å². The third-order valence-electron chi connectivity index (χ3n) is 8.10. The van der Waals surface area contributed by atoms with Crippen LogP contribution in [0.4, 0.5) is 15.8 Å². The van der Waals surface area contributed by atoms with Gasteiger partial charge in [0.15, 0.2) is 0 Å². The standard InChI is InChI=1S/C32H29BrClFN4O4.ClH/c1-32(37-2,31(36)42)25-17-39(29(40)18-4-9-22(35)10-5-18)27-15-21(34)8-12-26(27)38(30(25)41)16-24-23-11-7-20(33)14-19(23)6-13-28(24)43-3;/h4-15,25,37H,16-17H2,1-3H3,(H2,36,42);1H/t25-,32?;/m1./s1. The highest BCUT2D eigenvalue weighted by Gasteiger charge is 2.49. The normalized spacial score (nSPS) is 16.0. The maximum atomic E-state index is 14.7. The number of nitrogens with two attached hydrogens (primary N) is 1. The SMILES string of the molecule is CNC(C)(C(N)=O)[C@@H]1CN(C(=O)c2ccc(F)cc2)c2cc(Cl)ccc2N(Cc2c(OC)ccc3cc(Br)ccc23)C1=O.Cl. The fourth-order valence-electron chi connectivity index (χ4n) is 5.47. The van der Waals surface area contributed by atoms with Gasteiger partial charge in [-0.15, -0.1) is 12.4 Å². The highest BCUT2D eigenvalue weighted by Crippen LogP contribution is 2.42. The van der Waals surface area contributed by atoms with E-state index in [2.05, 4.69) is 21.2 Å². The molecule has 0 radical (unpaired) electrons. The van der Waals surface area contributed by atoms with Gasteiger partial charge in [0.05, 0.1) is 30.9 Å². The molecule has 1 aliphatic rings. The minimum Gasteiger partial charge on any atom is -0.496 e. The van der Waals surface area contributed by atoms with Crippen LogP contribution in [0.1, 0.15) is 22.8 Å². The number of hydrogen-bond donors (Lipinski definition) is 2. The third-order valence-corrected chi connectivity index (χ3v) is 8.83. The van der Waals surface area contributed by atoms with E-state index in [1.807, 2.05) is 30.3 Å². The number of anilines is 2. The number of hydrogen-bond acceptors (Lipinski definition) is 5. The maximum Gasteiger partial charge on any atom is 0.258 e. The lowest BCUT2D eigenvalue weighted by Crippen LogP contribution is -2.63. The first kappa shape index (κ1) is 33.2. The molecule has 4 aromatic rings. The summed E-state index contributed by atoms with van der Waals surface area (Å²) in [6.45, 7) is 1.37. The van der Waals surface area contributed by atoms with Crippen LogP contribution >= 0.6 is 39.9 Å². The second-order valence-electron chi connectivity index (χ2n) is 10.5. The summed E-state index contributed by atoms with van der Waals surface area (Å²) in [7, 11) is 3.09. The number of carbonyl (C=O) groups is 3. The molecule has 5 rings (SSSR count). The lowest BCUT2D eigenvalue weighted by atomic mass is 9.83. The molecule has 3 amide bonds. The summed E-state index contributed by atoms with van der Waals surface area (Å²) in [4.78, 5) is 44.5. The lowest BCUT2D eigenvalue weighted by Gasteiger charge is -2.36. The summed E-state index contributed by atoms with van der Waals surface area (Å²) in [5.74, 6) is -2.77. The van der Waals surface area contributed by atoms with Crippen LogP contribution in [-0.4, -0.2) is 44.0 Å². The highest BCUT2D eigenvalue weighted by molar-refractivity contribution is 9.10. The zero-order valence-corrected chi connectivity index (χ0v) is 27.2. The van der Waals surface area contributed by atoms with E-state index in [-0.39, 0.29) is 31.1 Å². The summed E-state index contributed by atoms with van der Waals surface area (Å²) < 4.78 is 20.4. The summed E-state index contributed by atoms with van der Waals surface area (Å²) in [6, 6.07) is 19.6. The van der Waals surface area contributed by atoms with Crippen LogP contribution in [0.15, 0.2) is 77.3 Å². The zero-order chi connectivity index (χ0) is 31.1. The minimum atomic E-state index is -1.55. The predicted octanol–water partition coefficient (Wildman–Crippen LogP) is 6.10. The number of ether oxygens (including phenoxy) is 1. The number of likely N-dealkylation sites (N-methyl/N-ethyl adjacent to an activating group) is 1. The second kappa shape index (κ2) is 13.1. The smallest absolute Gasteiger partial charge is 0.258 e. The molecule has 12 heteroatoms. The summed E-state index contributed by atoms with van der Waals surface area (Å²) in [5.41, 5.74) is 5.99. The van der Waals surface area contributed by atoms with Gasteiger partial charge in [-0.25, -0.2) is 4.39 Å². The second-order valence-corrected chi connectivity index (χ2v) is 11.8. The van der Waals surface area contributed by atoms with E-state index < -0.39 is 35.0 Å². The molecule has 2 atom stereocenters. The zero-order valence-electron chi connectivity index (χ0n) is 24.1. The van der Waals surface area contributed by atoms with Crippen molar-refractivity contribution in [1.82, 2.24) is 5.32 Å². The van der Waals surface area contributed by atoms with Gasteiger partial charge >= 0.3 is 0 Å². The first-order valence-electron chi connectivity index (χ1n) is 13.4. The van der Waals surface area contributed by atoms with Crippen LogP contribution in [-0.2, 0) is 16.1 Å². The van der Waals surface area contributed by atoms with Crippen LogP contribution < -0.4 is 25.6 Å². The van der Waals surface area contributed by atoms with Crippen molar-refractivity contribution in [2.24, 2.45) is 11.7 Å². The van der Waals surface area contributed by atoms with Crippen molar-refractivity contribution in [1.29, 1.82) is 0 Å². The number of carbonyl (C=O) groups excluding carboxylic acids is 3. The van der Waals surface area contributed by atoms with Crippen LogP contribution in [0.2, 0.25) is 5.02 Å². The van der Waals surface area contributed by atoms with E-state index in [9.17, 15) is 18.8 Å². The third kappa shape index (κ3) is 5.99. The Morgan fingerprint density at radius 3 is 2.43 bits per heavy atom. The molecule has 0 aliphatic carbocycles. The predicted molar refractivity (Wildman–Crippen MR) is 176 cm³/mol. The minimum absolute atomic E-state index is 0. The Kier molecular flexibility index (Phi) is 9.90. The lowest BCUT2D eigenvalue weighted by molar-refractivity contribution is -0.133. The molecule has 1 unspecified atom stereocenters. The van der Waals surface area contributed by atoms with E-state index in [0.717, 1.165) is 20.8 Å². The molecule has 3 N–H and O–H groups in total. The number of nitrogens with one attached hydrogen (secondary N) is 1. The molecule has 0 fully saturated rings. The molecule has 8 nitrogen and oxygen atoms in total. The molecular formula is C32H30BrCl2FN4O4. The molecule has 44 heavy (non-hydrogen) atoms. The van der Waals surface area contributed by atoms with Gasteiger partial charge in [0, 0.05) is 27.2 Å². The average Bonchev–Trinajstić information content (AvgIpc) is 3.10. The quantitative estimate of drug-likeness (QED) is 0.242. The monoisotopic (exact) mass is 702 g/mol. The Balaban J connectivity index is 0.00000442. The van der Waals surface area contributed by atoms with E-state index in [1.165, 1.54) is 48.0 Å². The number of rotatable bonds is 7. The number of benzene rings is 4. The molecule has 0 saturated carbocycles. The molecule has 230 valence electrons. The molecule has 0 spiro atoms. The summed E-state index contributed by atoms with van der Waals surface area (Å²) >= 11 is 9.97. The molecule has 0 saturated heterocycles. The Bertz CT molecular complexity index is 1760. The fourth-order valence-corrected chi connectivity index (χ4v) is 6.01. The van der Waals surface area contributed by atoms with E-state index in [0.29, 0.717) is 22.1 Å². The Hall–Kier alpha value is -3.70. The number of fused-ring (bicyclic) bond motifs is 2. The van der Waals surface area contributed by atoms with E-state index in [1.54, 1.807) is 25.3 Å². The number of methoxy groups -OCH3 is 1. The molecular weight excluding hydrogens is 674 g/mol. The van der Waals surface area contributed by atoms with Gasteiger partial charge in [-0.2, -0.15) is 0 Å². The van der Waals surface area contributed by atoms with Gasteiger partial charge in [0.1, 0.15) is 17.1 Å². The first-order valence-corrected chi connectivity index (χ1v) is 14.6. The van der Waals surface area contributed by atoms with Crippen molar-refractivity contribution in [3.8, 4) is 5.75 Å². The number of nitrogens with zero attached hydrogens (tertiary/aromatic N) is 2. The van der Waals surface area contributed by atoms with Crippen LogP contribution in [0.3, 0.4) is 0 Å². The Morgan fingerprint density at radius 2 is 1.80 bits per heavy atom. The fraction of sp³-hybridized carbons (Fsp3) is 0.219. The van der Waals surface area contributed by atoms with Crippen molar-refractivity contribution < 1.29 is 23.5 Å². The molecule has 0 aromatic heterocycles.